The minimum absolute atomic E-state index is 0.110. The molecule has 0 saturated carbocycles. The van der Waals surface area contributed by atoms with Crippen LogP contribution in [0.1, 0.15) is 28.0 Å². The Morgan fingerprint density at radius 2 is 1.93 bits per heavy atom. The zero-order chi connectivity index (χ0) is 19.8. The average Bonchev–Trinajstić information content (AvgIpc) is 3.23. The van der Waals surface area contributed by atoms with E-state index in [2.05, 4.69) is 4.98 Å². The highest BCUT2D eigenvalue weighted by Gasteiger charge is 2.17. The number of thiazole rings is 1. The van der Waals surface area contributed by atoms with Crippen molar-refractivity contribution in [3.05, 3.63) is 82.3 Å². The number of aromatic nitrogens is 1. The van der Waals surface area contributed by atoms with Crippen LogP contribution in [-0.2, 0) is 17.9 Å². The molecule has 2 aromatic carbocycles. The lowest BCUT2D eigenvalue weighted by Gasteiger charge is -2.22. The molecule has 0 aliphatic heterocycles. The van der Waals surface area contributed by atoms with Gasteiger partial charge in [0, 0.05) is 30.5 Å². The van der Waals surface area contributed by atoms with Crippen LogP contribution < -0.4 is 10.5 Å². The van der Waals surface area contributed by atoms with Crippen molar-refractivity contribution in [2.45, 2.75) is 19.6 Å². The third kappa shape index (κ3) is 5.65. The summed E-state index contributed by atoms with van der Waals surface area (Å²) in [5.41, 5.74) is 9.35. The Kier molecular flexibility index (Phi) is 6.75. The molecule has 6 nitrogen and oxygen atoms in total. The smallest absolute Gasteiger partial charge is 0.254 e. The molecule has 3 aromatic rings. The molecule has 1 heterocycles. The summed E-state index contributed by atoms with van der Waals surface area (Å²) in [7, 11) is 0. The lowest BCUT2D eigenvalue weighted by Crippen LogP contribution is -2.33. The van der Waals surface area contributed by atoms with E-state index in [4.69, 9.17) is 10.5 Å². The van der Waals surface area contributed by atoms with Gasteiger partial charge in [-0.05, 0) is 23.8 Å². The molecule has 0 bridgehead atoms. The van der Waals surface area contributed by atoms with E-state index in [1.165, 1.54) is 11.3 Å². The topological polar surface area (TPSA) is 85.5 Å². The van der Waals surface area contributed by atoms with Crippen LogP contribution in [0, 0.1) is 0 Å². The van der Waals surface area contributed by atoms with Gasteiger partial charge in [-0.3, -0.25) is 9.59 Å². The molecule has 2 N–H and O–H groups in total. The Labute approximate surface area is 167 Å². The summed E-state index contributed by atoms with van der Waals surface area (Å²) in [6.45, 7) is 1.00. The largest absolute Gasteiger partial charge is 0.487 e. The molecule has 28 heavy (non-hydrogen) atoms. The summed E-state index contributed by atoms with van der Waals surface area (Å²) in [5.74, 6) is -0.0242. The number of carbonyl (C=O) groups excluding carboxylic acids is 2. The highest BCUT2D eigenvalue weighted by molar-refractivity contribution is 7.07. The summed E-state index contributed by atoms with van der Waals surface area (Å²) in [6.07, 6.45) is 0.110. The fraction of sp³-hybridized carbons (Fsp3) is 0.190. The monoisotopic (exact) mass is 395 g/mol. The fourth-order valence-corrected chi connectivity index (χ4v) is 3.21. The van der Waals surface area contributed by atoms with E-state index in [0.29, 0.717) is 24.5 Å². The van der Waals surface area contributed by atoms with E-state index >= 15 is 0 Å². The molecule has 0 fully saturated rings. The minimum atomic E-state index is -0.439. The van der Waals surface area contributed by atoms with Crippen LogP contribution in [0.15, 0.2) is 65.5 Å². The molecule has 0 unspecified atom stereocenters. The molecule has 2 amide bonds. The predicted octanol–water partition coefficient (Wildman–Crippen LogP) is 3.24. The van der Waals surface area contributed by atoms with Gasteiger partial charge < -0.3 is 15.4 Å². The van der Waals surface area contributed by atoms with Gasteiger partial charge in [-0.15, -0.1) is 11.3 Å². The molecule has 0 spiro atoms. The molecule has 144 valence electrons. The van der Waals surface area contributed by atoms with Crippen molar-refractivity contribution in [1.82, 2.24) is 9.88 Å². The quantitative estimate of drug-likeness (QED) is 0.603. The molecule has 1 aromatic heterocycles. The Hall–Kier alpha value is -3.19. The maximum absolute atomic E-state index is 13.1. The lowest BCUT2D eigenvalue weighted by molar-refractivity contribution is -0.118. The van der Waals surface area contributed by atoms with Crippen LogP contribution in [0.4, 0.5) is 0 Å². The second-order valence-electron chi connectivity index (χ2n) is 6.22. The standard InChI is InChI=1S/C21H21N3O3S/c22-20(25)9-10-24(12-16-5-2-1-3-6-16)21(26)17-7-4-8-19(11-17)27-13-18-14-28-15-23-18/h1-8,11,14-15H,9-10,12-13H2,(H2,22,25). The highest BCUT2D eigenvalue weighted by Crippen LogP contribution is 2.18. The van der Waals surface area contributed by atoms with Crippen molar-refractivity contribution in [3.8, 4) is 5.75 Å². The molecule has 0 aliphatic rings. The van der Waals surface area contributed by atoms with E-state index < -0.39 is 5.91 Å². The van der Waals surface area contributed by atoms with Crippen LogP contribution in [-0.4, -0.2) is 28.2 Å². The van der Waals surface area contributed by atoms with Gasteiger partial charge in [0.2, 0.25) is 5.91 Å². The fourth-order valence-electron chi connectivity index (χ4n) is 2.67. The first-order valence-electron chi connectivity index (χ1n) is 8.83. The number of benzene rings is 2. The Bertz CT molecular complexity index is 914. The van der Waals surface area contributed by atoms with Crippen molar-refractivity contribution in [2.24, 2.45) is 5.73 Å². The van der Waals surface area contributed by atoms with E-state index in [9.17, 15) is 9.59 Å². The summed E-state index contributed by atoms with van der Waals surface area (Å²) in [6, 6.07) is 16.7. The van der Waals surface area contributed by atoms with Crippen LogP contribution in [0.5, 0.6) is 5.75 Å². The van der Waals surface area contributed by atoms with Gasteiger partial charge in [-0.2, -0.15) is 0 Å². The van der Waals surface area contributed by atoms with Crippen molar-refractivity contribution < 1.29 is 14.3 Å². The van der Waals surface area contributed by atoms with Gasteiger partial charge in [0.05, 0.1) is 11.2 Å². The van der Waals surface area contributed by atoms with Crippen molar-refractivity contribution in [3.63, 3.8) is 0 Å². The minimum Gasteiger partial charge on any atom is -0.487 e. The summed E-state index contributed by atoms with van der Waals surface area (Å²) >= 11 is 1.51. The number of primary amides is 1. The van der Waals surface area contributed by atoms with Crippen LogP contribution in [0.3, 0.4) is 0 Å². The van der Waals surface area contributed by atoms with Gasteiger partial charge in [0.15, 0.2) is 0 Å². The summed E-state index contributed by atoms with van der Waals surface area (Å²) < 4.78 is 5.74. The maximum atomic E-state index is 13.1. The first-order chi connectivity index (χ1) is 13.6. The lowest BCUT2D eigenvalue weighted by atomic mass is 10.1. The predicted molar refractivity (Wildman–Crippen MR) is 108 cm³/mol. The Balaban J connectivity index is 1.73. The maximum Gasteiger partial charge on any atom is 0.254 e. The van der Waals surface area contributed by atoms with E-state index in [0.717, 1.165) is 11.3 Å². The molecule has 3 rings (SSSR count). The second kappa shape index (κ2) is 9.66. The number of nitrogens with zero attached hydrogens (tertiary/aromatic N) is 2. The zero-order valence-corrected chi connectivity index (χ0v) is 16.1. The van der Waals surface area contributed by atoms with Crippen molar-refractivity contribution >= 4 is 23.2 Å². The number of hydrogen-bond donors (Lipinski definition) is 1. The molecule has 7 heteroatoms. The van der Waals surface area contributed by atoms with Gasteiger partial charge >= 0.3 is 0 Å². The second-order valence-corrected chi connectivity index (χ2v) is 6.94. The Morgan fingerprint density at radius 1 is 1.11 bits per heavy atom. The third-order valence-electron chi connectivity index (χ3n) is 4.08. The van der Waals surface area contributed by atoms with Crippen LogP contribution in [0.25, 0.3) is 0 Å². The van der Waals surface area contributed by atoms with Gasteiger partial charge in [-0.1, -0.05) is 36.4 Å². The third-order valence-corrected chi connectivity index (χ3v) is 4.72. The highest BCUT2D eigenvalue weighted by atomic mass is 32.1. The van der Waals surface area contributed by atoms with Crippen LogP contribution in [0.2, 0.25) is 0 Å². The van der Waals surface area contributed by atoms with E-state index in [1.807, 2.05) is 35.7 Å². The molecule has 0 aliphatic carbocycles. The van der Waals surface area contributed by atoms with E-state index in [1.54, 1.807) is 34.7 Å². The van der Waals surface area contributed by atoms with Gasteiger partial charge in [0.1, 0.15) is 12.4 Å². The number of nitrogens with two attached hydrogens (primary N) is 1. The SMILES string of the molecule is NC(=O)CCN(Cc1ccccc1)C(=O)c1cccc(OCc2cscn2)c1. The van der Waals surface area contributed by atoms with Gasteiger partial charge in [0.25, 0.3) is 5.91 Å². The number of rotatable bonds is 9. The van der Waals surface area contributed by atoms with E-state index in [-0.39, 0.29) is 18.9 Å². The number of carbonyl (C=O) groups is 2. The number of ether oxygens (including phenoxy) is 1. The molecule has 0 atom stereocenters. The summed E-state index contributed by atoms with van der Waals surface area (Å²) in [4.78, 5) is 30.1. The van der Waals surface area contributed by atoms with Crippen LogP contribution >= 0.6 is 11.3 Å². The Morgan fingerprint density at radius 3 is 2.64 bits per heavy atom. The molecule has 0 radical (unpaired) electrons. The normalized spacial score (nSPS) is 10.4. The molecule has 0 saturated heterocycles. The van der Waals surface area contributed by atoms with Crippen molar-refractivity contribution in [1.29, 1.82) is 0 Å². The summed E-state index contributed by atoms with van der Waals surface area (Å²) in [5, 5.41) is 1.92. The number of amides is 2. The molecular weight excluding hydrogens is 374 g/mol. The zero-order valence-electron chi connectivity index (χ0n) is 15.3. The first kappa shape index (κ1) is 19.6. The van der Waals surface area contributed by atoms with Gasteiger partial charge in [-0.25, -0.2) is 4.98 Å². The molecular formula is C21H21N3O3S. The van der Waals surface area contributed by atoms with Crippen molar-refractivity contribution in [2.75, 3.05) is 6.54 Å². The average molecular weight is 395 g/mol. The first-order valence-corrected chi connectivity index (χ1v) is 9.77. The number of hydrogen-bond acceptors (Lipinski definition) is 5.